The molecule has 34 heavy (non-hydrogen) atoms. The normalized spacial score (nSPS) is 17.4. The number of nitrogens with one attached hydrogen (secondary N) is 1. The van der Waals surface area contributed by atoms with Crippen LogP contribution in [0.5, 0.6) is 5.75 Å². The average molecular weight is 480 g/mol. The number of amides is 2. The molecule has 8 nitrogen and oxygen atoms in total. The Labute approximate surface area is 202 Å². The second-order valence-corrected chi connectivity index (χ2v) is 9.67. The topological polar surface area (TPSA) is 91.4 Å². The Morgan fingerprint density at radius 1 is 1.24 bits per heavy atom. The highest BCUT2D eigenvalue weighted by Gasteiger charge is 2.37. The first-order chi connectivity index (χ1) is 16.3. The van der Waals surface area contributed by atoms with E-state index in [1.807, 2.05) is 25.3 Å². The zero-order valence-corrected chi connectivity index (χ0v) is 20.1. The summed E-state index contributed by atoms with van der Waals surface area (Å²) in [6, 6.07) is 9.13. The van der Waals surface area contributed by atoms with Crippen molar-refractivity contribution in [3.8, 4) is 5.75 Å². The third-order valence-corrected chi connectivity index (χ3v) is 6.94. The van der Waals surface area contributed by atoms with E-state index in [1.165, 1.54) is 0 Å². The molecule has 0 aliphatic carbocycles. The Bertz CT molecular complexity index is 1320. The third kappa shape index (κ3) is 4.14. The molecule has 2 aromatic carbocycles. The molecule has 1 saturated heterocycles. The van der Waals surface area contributed by atoms with Crippen molar-refractivity contribution in [1.29, 1.82) is 0 Å². The van der Waals surface area contributed by atoms with Gasteiger partial charge in [0.1, 0.15) is 11.3 Å². The number of hydrogen-bond donors (Lipinski definition) is 1. The van der Waals surface area contributed by atoms with Crippen LogP contribution in [0.2, 0.25) is 5.02 Å². The van der Waals surface area contributed by atoms with Crippen LogP contribution in [0.15, 0.2) is 42.1 Å². The minimum atomic E-state index is -0.0765. The minimum absolute atomic E-state index is 0.0266. The van der Waals surface area contributed by atoms with Crippen molar-refractivity contribution < 1.29 is 14.3 Å². The summed E-state index contributed by atoms with van der Waals surface area (Å²) < 4.78 is 5.93. The van der Waals surface area contributed by atoms with Gasteiger partial charge in [-0.1, -0.05) is 30.7 Å². The highest BCUT2D eigenvalue weighted by atomic mass is 35.5. The maximum absolute atomic E-state index is 13.0. The number of fused-ring (bicyclic) bond motifs is 2. The average Bonchev–Trinajstić information content (AvgIpc) is 3.52. The van der Waals surface area contributed by atoms with Crippen LogP contribution in [-0.4, -0.2) is 63.3 Å². The van der Waals surface area contributed by atoms with E-state index in [1.54, 1.807) is 28.0 Å². The smallest absolute Gasteiger partial charge is 0.260 e. The highest BCUT2D eigenvalue weighted by molar-refractivity contribution is 6.31. The molecule has 5 rings (SSSR count). The summed E-state index contributed by atoms with van der Waals surface area (Å²) in [6.45, 7) is 7.68. The minimum Gasteiger partial charge on any atom is -0.483 e. The lowest BCUT2D eigenvalue weighted by Crippen LogP contribution is -2.35. The molecule has 2 aliphatic heterocycles. The zero-order chi connectivity index (χ0) is 24.0. The van der Waals surface area contributed by atoms with E-state index < -0.39 is 0 Å². The number of aryl methyl sites for hydroxylation is 1. The predicted molar refractivity (Wildman–Crippen MR) is 129 cm³/mol. The molecule has 2 aliphatic rings. The number of hydrogen-bond acceptors (Lipinski definition) is 5. The van der Waals surface area contributed by atoms with Gasteiger partial charge in [-0.3, -0.25) is 14.7 Å². The lowest BCUT2D eigenvalue weighted by molar-refractivity contribution is -0.132. The van der Waals surface area contributed by atoms with E-state index in [0.29, 0.717) is 41.5 Å². The van der Waals surface area contributed by atoms with Crippen LogP contribution < -0.4 is 4.74 Å². The number of nitrogens with zero attached hydrogens (tertiary/aromatic N) is 4. The number of H-pyrrole nitrogens is 1. The van der Waals surface area contributed by atoms with Gasteiger partial charge in [0, 0.05) is 42.3 Å². The first-order valence-electron chi connectivity index (χ1n) is 11.3. The van der Waals surface area contributed by atoms with Crippen molar-refractivity contribution in [2.75, 3.05) is 26.2 Å². The molecule has 0 bridgehead atoms. The van der Waals surface area contributed by atoms with Gasteiger partial charge in [-0.15, -0.1) is 5.10 Å². The van der Waals surface area contributed by atoms with Gasteiger partial charge in [0.25, 0.3) is 11.8 Å². The Hall–Kier alpha value is -3.39. The molecule has 0 unspecified atom stereocenters. The molecule has 1 aromatic heterocycles. The van der Waals surface area contributed by atoms with Gasteiger partial charge < -0.3 is 14.5 Å². The van der Waals surface area contributed by atoms with Crippen molar-refractivity contribution >= 4 is 34.4 Å². The van der Waals surface area contributed by atoms with E-state index in [2.05, 4.69) is 29.3 Å². The number of carbonyl (C=O) groups is 2. The second-order valence-electron chi connectivity index (χ2n) is 9.26. The second kappa shape index (κ2) is 8.76. The Morgan fingerprint density at radius 3 is 2.82 bits per heavy atom. The monoisotopic (exact) mass is 479 g/mol. The molecule has 176 valence electrons. The molecular formula is C25H26ClN5O3. The Morgan fingerprint density at radius 2 is 2.06 bits per heavy atom. The van der Waals surface area contributed by atoms with Crippen molar-refractivity contribution in [2.24, 2.45) is 5.92 Å². The number of likely N-dealkylation sites (tertiary alicyclic amines) is 1. The Kier molecular flexibility index (Phi) is 5.77. The molecule has 0 saturated carbocycles. The molecule has 1 N–H and O–H groups in total. The summed E-state index contributed by atoms with van der Waals surface area (Å²) in [5.74, 6) is 0.935. The van der Waals surface area contributed by atoms with E-state index >= 15 is 0 Å². The third-order valence-electron chi connectivity index (χ3n) is 6.53. The number of aromatic amines is 1. The molecule has 3 aromatic rings. The van der Waals surface area contributed by atoms with Crippen molar-refractivity contribution in [3.05, 3.63) is 63.8 Å². The summed E-state index contributed by atoms with van der Waals surface area (Å²) in [4.78, 5) is 29.4. The molecule has 3 heterocycles. The van der Waals surface area contributed by atoms with E-state index in [0.717, 1.165) is 22.2 Å². The van der Waals surface area contributed by atoms with Crippen LogP contribution in [0, 0.1) is 12.8 Å². The van der Waals surface area contributed by atoms with Gasteiger partial charge in [0.15, 0.2) is 6.61 Å². The standard InChI is InChI=1S/C25H26ClN5O3/c1-14(2)19-8-20(26)15(3)6-23(19)34-13-24(32)30-9-17-11-31(12-18(17)10-30)25(33)16-4-5-21-22(7-16)28-29-27-21/h4-8,11,14,18H,9-10,12-13H2,1-3H3,(H,27,28,29)/t18-/m0/s1. The van der Waals surface area contributed by atoms with Crippen LogP contribution in [0.3, 0.4) is 0 Å². The Balaban J connectivity index is 1.22. The van der Waals surface area contributed by atoms with Crippen molar-refractivity contribution in [3.63, 3.8) is 0 Å². The fraction of sp³-hybridized carbons (Fsp3) is 0.360. The molecule has 1 atom stereocenters. The number of carbonyl (C=O) groups excluding carboxylic acids is 2. The summed E-state index contributed by atoms with van der Waals surface area (Å²) in [5.41, 5.74) is 5.02. The first-order valence-corrected chi connectivity index (χ1v) is 11.7. The van der Waals surface area contributed by atoms with Gasteiger partial charge in [0.05, 0.1) is 5.52 Å². The zero-order valence-electron chi connectivity index (χ0n) is 19.3. The molecule has 9 heteroatoms. The largest absolute Gasteiger partial charge is 0.483 e. The molecule has 1 fully saturated rings. The summed E-state index contributed by atoms with van der Waals surface area (Å²) in [6.07, 6.45) is 1.88. The molecule has 2 amide bonds. The number of ether oxygens (including phenoxy) is 1. The first kappa shape index (κ1) is 22.4. The van der Waals surface area contributed by atoms with Crippen molar-refractivity contribution in [2.45, 2.75) is 26.7 Å². The maximum Gasteiger partial charge on any atom is 0.260 e. The van der Waals surface area contributed by atoms with Crippen LogP contribution in [0.4, 0.5) is 0 Å². The summed E-state index contributed by atoms with van der Waals surface area (Å²) >= 11 is 6.27. The van der Waals surface area contributed by atoms with Crippen molar-refractivity contribution in [1.82, 2.24) is 25.2 Å². The highest BCUT2D eigenvalue weighted by Crippen LogP contribution is 2.33. The van der Waals surface area contributed by atoms with E-state index in [4.69, 9.17) is 16.3 Å². The number of aromatic nitrogens is 3. The molecular weight excluding hydrogens is 454 g/mol. The van der Waals surface area contributed by atoms with Gasteiger partial charge in [-0.05, 0) is 59.9 Å². The lowest BCUT2D eigenvalue weighted by Gasteiger charge is -2.21. The molecule has 0 spiro atoms. The fourth-order valence-corrected chi connectivity index (χ4v) is 4.73. The number of benzene rings is 2. The van der Waals surface area contributed by atoms with Gasteiger partial charge in [-0.25, -0.2) is 0 Å². The van der Waals surface area contributed by atoms with Crippen LogP contribution >= 0.6 is 11.6 Å². The maximum atomic E-state index is 13.0. The number of halogens is 1. The van der Waals surface area contributed by atoms with E-state index in [9.17, 15) is 9.59 Å². The SMILES string of the molecule is Cc1cc(OCC(=O)N2CC3=CN(C(=O)c4ccc5[nH]nnc5c4)C[C@@H]3C2)c(C(C)C)cc1Cl. The number of rotatable bonds is 5. The van der Waals surface area contributed by atoms with Crippen LogP contribution in [0.1, 0.15) is 41.3 Å². The lowest BCUT2D eigenvalue weighted by atomic mass is 10.0. The van der Waals surface area contributed by atoms with E-state index in [-0.39, 0.29) is 30.3 Å². The van der Waals surface area contributed by atoms with Gasteiger partial charge >= 0.3 is 0 Å². The van der Waals surface area contributed by atoms with Gasteiger partial charge in [-0.2, -0.15) is 0 Å². The van der Waals surface area contributed by atoms with Gasteiger partial charge in [0.2, 0.25) is 0 Å². The predicted octanol–water partition coefficient (Wildman–Crippen LogP) is 3.92. The summed E-state index contributed by atoms with van der Waals surface area (Å²) in [7, 11) is 0. The quantitative estimate of drug-likeness (QED) is 0.598. The van der Waals surface area contributed by atoms with Crippen LogP contribution in [-0.2, 0) is 4.79 Å². The molecule has 0 radical (unpaired) electrons. The van der Waals surface area contributed by atoms with Crippen LogP contribution in [0.25, 0.3) is 11.0 Å². The fourth-order valence-electron chi connectivity index (χ4n) is 4.56. The summed E-state index contributed by atoms with van der Waals surface area (Å²) in [5, 5.41) is 11.2.